The van der Waals surface area contributed by atoms with Crippen molar-refractivity contribution >= 4 is 38.6 Å². The van der Waals surface area contributed by atoms with E-state index < -0.39 is 91.5 Å². The van der Waals surface area contributed by atoms with Crippen molar-refractivity contribution in [2.24, 2.45) is 5.73 Å². The zero-order valence-electron chi connectivity index (χ0n) is 29.3. The number of carbonyl (C=O) groups excluding carboxylic acids is 1. The number of hydrogen-bond donors (Lipinski definition) is 3. The van der Waals surface area contributed by atoms with Crippen molar-refractivity contribution in [2.45, 2.75) is 128 Å². The van der Waals surface area contributed by atoms with E-state index in [1.54, 1.807) is 0 Å². The second kappa shape index (κ2) is 12.7. The van der Waals surface area contributed by atoms with Gasteiger partial charge < -0.3 is 29.7 Å². The van der Waals surface area contributed by atoms with Crippen molar-refractivity contribution in [3.05, 3.63) is 43.7 Å². The number of nitrogens with zero attached hydrogens (tertiary/aromatic N) is 2. The monoisotopic (exact) mass is 718 g/mol. The van der Waals surface area contributed by atoms with Gasteiger partial charge in [0, 0.05) is 11.8 Å². The lowest BCUT2D eigenvalue weighted by Crippen LogP contribution is -2.59. The molecule has 1 spiro atoms. The van der Waals surface area contributed by atoms with Crippen LogP contribution < -0.4 is 22.3 Å². The summed E-state index contributed by atoms with van der Waals surface area (Å²) in [5.74, 6) is -2.18. The summed E-state index contributed by atoms with van der Waals surface area (Å²) in [4.78, 5) is 51.2. The van der Waals surface area contributed by atoms with Crippen molar-refractivity contribution in [1.29, 1.82) is 0 Å². The highest BCUT2D eigenvalue weighted by molar-refractivity contribution is 7.90. The molecule has 1 saturated heterocycles. The van der Waals surface area contributed by atoms with E-state index in [1.807, 2.05) is 67.7 Å². The molecule has 0 aliphatic carbocycles. The maximum atomic E-state index is 14.0. The summed E-state index contributed by atoms with van der Waals surface area (Å²) in [5.41, 5.74) is 2.68. The number of aliphatic carboxylic acids is 1. The smallest absolute Gasteiger partial charge is 0.333 e. The first-order valence-electron chi connectivity index (χ1n) is 15.3. The molecule has 5 atom stereocenters. The van der Waals surface area contributed by atoms with E-state index in [9.17, 15) is 32.7 Å². The Kier molecular flexibility index (Phi) is 10.5. The molecule has 18 heteroatoms. The molecule has 4 N–H and O–H groups in total. The second-order valence-electron chi connectivity index (χ2n) is 15.3. The van der Waals surface area contributed by atoms with Crippen molar-refractivity contribution in [3.8, 4) is 0 Å². The molecular formula is C29H50N4O11SSi2. The van der Waals surface area contributed by atoms with Gasteiger partial charge in [0.1, 0.15) is 24.8 Å². The van der Waals surface area contributed by atoms with E-state index in [2.05, 4.69) is 5.32 Å². The lowest BCUT2D eigenvalue weighted by atomic mass is 9.89. The van der Waals surface area contributed by atoms with E-state index in [0.29, 0.717) is 4.57 Å². The maximum absolute atomic E-state index is 14.0. The first-order valence-corrected chi connectivity index (χ1v) is 22.6. The summed E-state index contributed by atoms with van der Waals surface area (Å²) in [6.07, 6.45) is -2.65. The van der Waals surface area contributed by atoms with Crippen LogP contribution in [0.2, 0.25) is 36.3 Å². The van der Waals surface area contributed by atoms with Gasteiger partial charge in [-0.1, -0.05) is 41.5 Å². The molecule has 1 amide bonds. The van der Waals surface area contributed by atoms with Crippen LogP contribution in [-0.2, 0) is 44.0 Å². The number of nitrogens with one attached hydrogen (secondary N) is 1. The summed E-state index contributed by atoms with van der Waals surface area (Å²) >= 11 is 0. The Hall–Kier alpha value is -2.62. The summed E-state index contributed by atoms with van der Waals surface area (Å²) in [7, 11) is -9.59. The van der Waals surface area contributed by atoms with Gasteiger partial charge in [0.25, 0.3) is 15.7 Å². The van der Waals surface area contributed by atoms with Crippen LogP contribution in [0.5, 0.6) is 0 Å². The Labute approximate surface area is 277 Å². The zero-order valence-corrected chi connectivity index (χ0v) is 32.1. The second-order valence-corrected chi connectivity index (χ2v) is 26.3. The van der Waals surface area contributed by atoms with E-state index in [-0.39, 0.29) is 22.9 Å². The Morgan fingerprint density at radius 1 is 1.11 bits per heavy atom. The molecule has 2 aliphatic heterocycles. The predicted octanol–water partition coefficient (Wildman–Crippen LogP) is 2.12. The molecule has 1 fully saturated rings. The molecule has 0 saturated carbocycles. The van der Waals surface area contributed by atoms with E-state index in [1.165, 1.54) is 20.0 Å². The van der Waals surface area contributed by atoms with Gasteiger partial charge in [0.15, 0.2) is 28.5 Å². The molecule has 3 heterocycles. The third-order valence-corrected chi connectivity index (χ3v) is 19.8. The van der Waals surface area contributed by atoms with Crippen LogP contribution in [0.1, 0.15) is 60.3 Å². The van der Waals surface area contributed by atoms with Gasteiger partial charge in [-0.05, 0) is 50.1 Å². The fourth-order valence-corrected chi connectivity index (χ4v) is 8.29. The van der Waals surface area contributed by atoms with Crippen molar-refractivity contribution in [2.75, 3.05) is 6.61 Å². The molecule has 2 aliphatic rings. The largest absolute Gasteiger partial charge is 0.480 e. The number of carboxylic acids is 1. The molecule has 47 heavy (non-hydrogen) atoms. The van der Waals surface area contributed by atoms with Gasteiger partial charge in [0.2, 0.25) is 5.91 Å². The third-order valence-electron chi connectivity index (χ3n) is 9.76. The van der Waals surface area contributed by atoms with Crippen LogP contribution in [0, 0.1) is 6.92 Å². The van der Waals surface area contributed by atoms with Crippen LogP contribution in [0.3, 0.4) is 0 Å². The number of rotatable bonds is 10. The van der Waals surface area contributed by atoms with Crippen LogP contribution in [0.15, 0.2) is 26.9 Å². The van der Waals surface area contributed by atoms with E-state index >= 15 is 0 Å². The number of hydrogen-bond acceptors (Lipinski definition) is 11. The number of nitrogens with two attached hydrogens (primary N) is 1. The molecule has 1 unspecified atom stereocenters. The van der Waals surface area contributed by atoms with Crippen molar-refractivity contribution in [3.63, 3.8) is 0 Å². The summed E-state index contributed by atoms with van der Waals surface area (Å²) < 4.78 is 53.4. The number of carboxylic acid groups (broad SMARTS) is 1. The minimum absolute atomic E-state index is 0.0526. The molecular weight excluding hydrogens is 669 g/mol. The van der Waals surface area contributed by atoms with Gasteiger partial charge in [-0.2, -0.15) is 8.42 Å². The van der Waals surface area contributed by atoms with Gasteiger partial charge in [-0.3, -0.25) is 23.5 Å². The molecule has 3 rings (SSSR count). The summed E-state index contributed by atoms with van der Waals surface area (Å²) in [6, 6.07) is -1.27. The summed E-state index contributed by atoms with van der Waals surface area (Å²) in [6.45, 7) is 21.7. The minimum atomic E-state index is -4.32. The van der Waals surface area contributed by atoms with E-state index in [4.69, 9.17) is 23.5 Å². The molecule has 0 radical (unpaired) electrons. The SMILES string of the molecule is Cc1cn([C@@H]2O[C@H](CO[Si](C)(C)C(C)(C)C)C3(OS(=O)(=O)C=C3N)[C@H]2O[Si](C)(C)C(C)(C)C)c(=O)n(CC(=O)N[C@@H](C)C(=O)O)c1=O. The zero-order chi connectivity index (χ0) is 36.3. The first kappa shape index (κ1) is 38.8. The van der Waals surface area contributed by atoms with Gasteiger partial charge >= 0.3 is 11.7 Å². The number of carbonyl (C=O) groups is 2. The molecule has 1 aromatic rings. The average Bonchev–Trinajstić information content (AvgIpc) is 3.32. The number of aryl methyl sites for hydroxylation is 1. The molecule has 15 nitrogen and oxygen atoms in total. The van der Waals surface area contributed by atoms with Crippen LogP contribution in [0.25, 0.3) is 0 Å². The Morgan fingerprint density at radius 2 is 1.66 bits per heavy atom. The maximum Gasteiger partial charge on any atom is 0.333 e. The normalized spacial score (nSPS) is 25.5. The van der Waals surface area contributed by atoms with Crippen LogP contribution >= 0.6 is 0 Å². The van der Waals surface area contributed by atoms with Gasteiger partial charge in [-0.15, -0.1) is 0 Å². The van der Waals surface area contributed by atoms with Crippen LogP contribution in [0.4, 0.5) is 0 Å². The van der Waals surface area contributed by atoms with Crippen molar-refractivity contribution < 1.29 is 40.9 Å². The number of ether oxygens (including phenoxy) is 1. The lowest BCUT2D eigenvalue weighted by molar-refractivity contribution is -0.141. The third kappa shape index (κ3) is 7.52. The van der Waals surface area contributed by atoms with Gasteiger partial charge in [0.05, 0.1) is 17.7 Å². The minimum Gasteiger partial charge on any atom is -0.480 e. The highest BCUT2D eigenvalue weighted by Crippen LogP contribution is 2.52. The Bertz CT molecular complexity index is 1670. The topological polar surface area (TPSA) is 207 Å². The highest BCUT2D eigenvalue weighted by Gasteiger charge is 2.67. The van der Waals surface area contributed by atoms with E-state index in [0.717, 1.165) is 9.98 Å². The average molecular weight is 719 g/mol. The highest BCUT2D eigenvalue weighted by atomic mass is 32.2. The Morgan fingerprint density at radius 3 is 2.13 bits per heavy atom. The predicted molar refractivity (Wildman–Crippen MR) is 179 cm³/mol. The quantitative estimate of drug-likeness (QED) is 0.235. The van der Waals surface area contributed by atoms with Gasteiger partial charge in [-0.25, -0.2) is 8.98 Å². The Balaban J connectivity index is 2.27. The number of aromatic nitrogens is 2. The molecule has 1 aromatic heterocycles. The summed E-state index contributed by atoms with van der Waals surface area (Å²) in [5, 5.41) is 11.6. The van der Waals surface area contributed by atoms with Crippen LogP contribution in [-0.4, -0.2) is 81.6 Å². The fraction of sp³-hybridized carbons (Fsp3) is 0.724. The van der Waals surface area contributed by atoms with Crippen molar-refractivity contribution in [1.82, 2.24) is 14.5 Å². The fourth-order valence-electron chi connectivity index (χ4n) is 4.79. The first-order chi connectivity index (χ1) is 21.1. The standard InChI is InChI=1S/C29H50N4O11SSi2/c1-17-13-33(26(38)32(23(17)35)14-21(34)31-18(2)25(36)37)24-22(43-47(11,12)28(6,7)8)29(19(30)16-45(39,40)44-29)20(42-24)15-41-46(9,10)27(3,4)5/h13,16,18,20,22,24H,14-15,30H2,1-12H3,(H,31,34)(H,36,37)/t18-,20+,22-,24+,29?/m0/s1. The lowest BCUT2D eigenvalue weighted by Gasteiger charge is -2.43. The molecule has 266 valence electrons. The molecule has 0 aromatic carbocycles. The number of amides is 1. The molecule has 0 bridgehead atoms.